The third-order valence-electron chi connectivity index (χ3n) is 5.47. The van der Waals surface area contributed by atoms with Gasteiger partial charge in [-0.05, 0) is 34.2 Å². The smallest absolute Gasteiger partial charge is 0.407 e. The molecule has 1 amide bonds. The second kappa shape index (κ2) is 9.30. The molecule has 3 aromatic carbocycles. The molecule has 3 aromatic rings. The zero-order chi connectivity index (χ0) is 21.6. The lowest BCUT2D eigenvalue weighted by Gasteiger charge is -2.14. The second-order valence-electron chi connectivity index (χ2n) is 7.44. The molecule has 4 N–H and O–H groups in total. The summed E-state index contributed by atoms with van der Waals surface area (Å²) in [5.74, 6) is 0.0955. The molecule has 0 bridgehead atoms. The fourth-order valence-corrected chi connectivity index (χ4v) is 4.00. The van der Waals surface area contributed by atoms with Crippen molar-refractivity contribution in [1.82, 2.24) is 5.32 Å². The Hall–Kier alpha value is -3.86. The highest BCUT2D eigenvalue weighted by molar-refractivity contribution is 5.98. The number of fused-ring (bicyclic) bond motifs is 3. The summed E-state index contributed by atoms with van der Waals surface area (Å²) in [6.07, 6.45) is 4.09. The molecule has 0 saturated carbocycles. The highest BCUT2D eigenvalue weighted by atomic mass is 16.5. The Morgan fingerprint density at radius 1 is 0.968 bits per heavy atom. The first kappa shape index (κ1) is 20.4. The summed E-state index contributed by atoms with van der Waals surface area (Å²) in [5.41, 5.74) is 12.0. The van der Waals surface area contributed by atoms with E-state index >= 15 is 0 Å². The average molecular weight is 412 g/mol. The van der Waals surface area contributed by atoms with Crippen LogP contribution in [-0.4, -0.2) is 25.1 Å². The average Bonchev–Trinajstić information content (AvgIpc) is 3.11. The number of alkyl carbamates (subject to hydrolysis) is 1. The zero-order valence-electron chi connectivity index (χ0n) is 17.2. The molecular weight excluding hydrogens is 386 g/mol. The van der Waals surface area contributed by atoms with Crippen LogP contribution in [0, 0.1) is 5.41 Å². The van der Waals surface area contributed by atoms with Gasteiger partial charge in [0.25, 0.3) is 0 Å². The van der Waals surface area contributed by atoms with Gasteiger partial charge in [0.2, 0.25) is 0 Å². The summed E-state index contributed by atoms with van der Waals surface area (Å²) in [4.78, 5) is 12.2. The molecule has 0 unspecified atom stereocenters. The van der Waals surface area contributed by atoms with Crippen molar-refractivity contribution in [2.45, 2.75) is 12.3 Å². The maximum Gasteiger partial charge on any atom is 0.407 e. The number of ether oxygens (including phenoxy) is 1. The fraction of sp³-hybridized carbons (Fsp3) is 0.154. The maximum absolute atomic E-state index is 12.2. The van der Waals surface area contributed by atoms with Gasteiger partial charge in [-0.1, -0.05) is 84.9 Å². The van der Waals surface area contributed by atoms with Crippen LogP contribution in [-0.2, 0) is 4.74 Å². The van der Waals surface area contributed by atoms with Gasteiger partial charge in [0.1, 0.15) is 12.4 Å². The number of amides is 1. The molecule has 156 valence electrons. The van der Waals surface area contributed by atoms with E-state index in [1.807, 2.05) is 60.7 Å². The molecule has 5 nitrogen and oxygen atoms in total. The van der Waals surface area contributed by atoms with E-state index in [2.05, 4.69) is 29.6 Å². The lowest BCUT2D eigenvalue weighted by molar-refractivity contribution is 0.143. The van der Waals surface area contributed by atoms with E-state index in [0.717, 1.165) is 5.56 Å². The summed E-state index contributed by atoms with van der Waals surface area (Å²) < 4.78 is 5.54. The number of benzene rings is 3. The van der Waals surface area contributed by atoms with Crippen molar-refractivity contribution in [2.75, 3.05) is 13.2 Å². The zero-order valence-corrected chi connectivity index (χ0v) is 17.2. The highest BCUT2D eigenvalue weighted by Gasteiger charge is 2.28. The quantitative estimate of drug-likeness (QED) is 0.293. The predicted octanol–water partition coefficient (Wildman–Crippen LogP) is 4.91. The van der Waals surface area contributed by atoms with Crippen LogP contribution in [0.3, 0.4) is 0 Å². The van der Waals surface area contributed by atoms with E-state index < -0.39 is 6.09 Å². The van der Waals surface area contributed by atoms with Crippen LogP contribution in [0.15, 0.2) is 78.9 Å². The molecular formula is C26H25N3O2. The summed E-state index contributed by atoms with van der Waals surface area (Å²) in [5, 5.41) is 10.4. The first-order chi connectivity index (χ1) is 15.1. The minimum absolute atomic E-state index is 0.0389. The summed E-state index contributed by atoms with van der Waals surface area (Å²) >= 11 is 0. The van der Waals surface area contributed by atoms with E-state index in [4.69, 9.17) is 15.9 Å². The number of carbonyl (C=O) groups is 1. The highest BCUT2D eigenvalue weighted by Crippen LogP contribution is 2.44. The molecule has 0 atom stereocenters. The van der Waals surface area contributed by atoms with Gasteiger partial charge in [0, 0.05) is 18.0 Å². The second-order valence-corrected chi connectivity index (χ2v) is 7.44. The summed E-state index contributed by atoms with van der Waals surface area (Å²) in [7, 11) is 0. The van der Waals surface area contributed by atoms with Crippen LogP contribution in [0.25, 0.3) is 17.2 Å². The first-order valence-corrected chi connectivity index (χ1v) is 10.3. The molecule has 4 rings (SSSR count). The Balaban J connectivity index is 1.29. The van der Waals surface area contributed by atoms with Crippen molar-refractivity contribution in [3.8, 4) is 11.1 Å². The van der Waals surface area contributed by atoms with Gasteiger partial charge in [-0.2, -0.15) is 0 Å². The van der Waals surface area contributed by atoms with E-state index in [9.17, 15) is 4.79 Å². The van der Waals surface area contributed by atoms with Crippen LogP contribution in [0.1, 0.15) is 34.6 Å². The van der Waals surface area contributed by atoms with Crippen LogP contribution in [0.4, 0.5) is 4.79 Å². The van der Waals surface area contributed by atoms with Crippen molar-refractivity contribution in [3.63, 3.8) is 0 Å². The number of nitrogens with two attached hydrogens (primary N) is 1. The van der Waals surface area contributed by atoms with E-state index in [1.54, 1.807) is 0 Å². The largest absolute Gasteiger partial charge is 0.449 e. The Morgan fingerprint density at radius 3 is 2.26 bits per heavy atom. The van der Waals surface area contributed by atoms with Gasteiger partial charge in [-0.3, -0.25) is 5.41 Å². The molecule has 0 spiro atoms. The number of hydrogen-bond donors (Lipinski definition) is 3. The summed E-state index contributed by atoms with van der Waals surface area (Å²) in [6, 6.07) is 24.0. The Morgan fingerprint density at radius 2 is 1.58 bits per heavy atom. The maximum atomic E-state index is 12.2. The van der Waals surface area contributed by atoms with Gasteiger partial charge >= 0.3 is 6.09 Å². The molecule has 0 aromatic heterocycles. The molecule has 0 saturated heterocycles. The van der Waals surface area contributed by atoms with Crippen molar-refractivity contribution < 1.29 is 9.53 Å². The van der Waals surface area contributed by atoms with Gasteiger partial charge in [0.15, 0.2) is 0 Å². The third kappa shape index (κ3) is 4.51. The van der Waals surface area contributed by atoms with Gasteiger partial charge in [0.05, 0.1) is 0 Å². The molecule has 1 aliphatic carbocycles. The minimum Gasteiger partial charge on any atom is -0.449 e. The molecule has 0 radical (unpaired) electrons. The molecule has 0 aliphatic heterocycles. The molecule has 0 heterocycles. The summed E-state index contributed by atoms with van der Waals surface area (Å²) in [6.45, 7) is 0.775. The van der Waals surface area contributed by atoms with Gasteiger partial charge in [-0.25, -0.2) is 4.79 Å². The molecule has 5 heteroatoms. The van der Waals surface area contributed by atoms with Gasteiger partial charge < -0.3 is 15.8 Å². The number of amidine groups is 1. The van der Waals surface area contributed by atoms with Crippen molar-refractivity contribution in [2.24, 2.45) is 5.73 Å². The lowest BCUT2D eigenvalue weighted by Crippen LogP contribution is -2.26. The Bertz CT molecular complexity index is 1090. The lowest BCUT2D eigenvalue weighted by atomic mass is 9.98. The number of hydrogen-bond acceptors (Lipinski definition) is 3. The van der Waals surface area contributed by atoms with E-state index in [-0.39, 0.29) is 11.8 Å². The monoisotopic (exact) mass is 411 g/mol. The van der Waals surface area contributed by atoms with Crippen LogP contribution < -0.4 is 11.1 Å². The van der Waals surface area contributed by atoms with Crippen LogP contribution in [0.2, 0.25) is 0 Å². The molecule has 31 heavy (non-hydrogen) atoms. The van der Waals surface area contributed by atoms with Crippen molar-refractivity contribution >= 4 is 18.0 Å². The molecule has 1 aliphatic rings. The fourth-order valence-electron chi connectivity index (χ4n) is 4.00. The Kier molecular flexibility index (Phi) is 6.13. The number of nitrogen functional groups attached to an aromatic ring is 1. The van der Waals surface area contributed by atoms with Crippen LogP contribution >= 0.6 is 0 Å². The van der Waals surface area contributed by atoms with Crippen LogP contribution in [0.5, 0.6) is 0 Å². The third-order valence-corrected chi connectivity index (χ3v) is 5.47. The normalized spacial score (nSPS) is 12.4. The SMILES string of the molecule is N=C(N)c1ccccc1C=CCCNC(=O)OCC1c2ccccc2-c2ccccc21. The standard InChI is InChI=1S/C26H25N3O2/c27-25(28)19-11-2-1-9-18(19)10-7-8-16-29-26(30)31-17-24-22-14-5-3-12-20(22)21-13-4-6-15-23(21)24/h1-7,9-15,24H,8,16-17H2,(H3,27,28)(H,29,30). The Labute approximate surface area is 182 Å². The minimum atomic E-state index is -0.417. The van der Waals surface area contributed by atoms with E-state index in [1.165, 1.54) is 22.3 Å². The van der Waals surface area contributed by atoms with Gasteiger partial charge in [-0.15, -0.1) is 0 Å². The van der Waals surface area contributed by atoms with Crippen molar-refractivity contribution in [1.29, 1.82) is 5.41 Å². The first-order valence-electron chi connectivity index (χ1n) is 10.3. The number of carbonyl (C=O) groups excluding carboxylic acids is 1. The predicted molar refractivity (Wildman–Crippen MR) is 124 cm³/mol. The topological polar surface area (TPSA) is 88.2 Å². The van der Waals surface area contributed by atoms with E-state index in [0.29, 0.717) is 25.1 Å². The number of rotatable bonds is 7. The number of nitrogens with one attached hydrogen (secondary N) is 2. The van der Waals surface area contributed by atoms with Crippen molar-refractivity contribution in [3.05, 3.63) is 101 Å². The molecule has 0 fully saturated rings.